The molecular weight excluding hydrogens is 1190 g/mol. The van der Waals surface area contributed by atoms with E-state index in [1.807, 2.05) is 58.9 Å². The van der Waals surface area contributed by atoms with Crippen LogP contribution in [0.1, 0.15) is 148 Å². The maximum Gasteiger partial charge on any atom is 0.396 e. The Morgan fingerprint density at radius 1 is 0.921 bits per heavy atom. The number of halogens is 1. The van der Waals surface area contributed by atoms with Crippen LogP contribution in [0.2, 0.25) is 0 Å². The molecular formula is C63H79FN9O14PS. The minimum Gasteiger partial charge on any atom is -0.488 e. The number of hydrogen-bond donors (Lipinski definition) is 8. The molecule has 0 aliphatic carbocycles. The third kappa shape index (κ3) is 16.6. The molecule has 3 aromatic carbocycles. The normalized spacial score (nSPS) is 19.8. The first-order valence-corrected chi connectivity index (χ1v) is 32.4. The van der Waals surface area contributed by atoms with Crippen LogP contribution in [0.25, 0.3) is 21.3 Å². The number of hydrogen-bond acceptors (Lipinski definition) is 14. The number of carbonyl (C=O) groups excluding carboxylic acids is 9. The first-order chi connectivity index (χ1) is 42.0. The first kappa shape index (κ1) is 67.2. The number of amides is 7. The Labute approximate surface area is 519 Å². The van der Waals surface area contributed by atoms with Crippen molar-refractivity contribution in [3.05, 3.63) is 106 Å². The molecule has 3 aliphatic heterocycles. The minimum atomic E-state index is -5.10. The highest BCUT2D eigenvalue weighted by atomic mass is 32.1. The Hall–Kier alpha value is -7.70. The summed E-state index contributed by atoms with van der Waals surface area (Å²) in [6.07, 6.45) is 0.839. The number of nitrogens with one attached hydrogen (secondary N) is 4. The van der Waals surface area contributed by atoms with Gasteiger partial charge >= 0.3 is 7.60 Å². The molecule has 89 heavy (non-hydrogen) atoms. The van der Waals surface area contributed by atoms with Gasteiger partial charge in [-0.1, -0.05) is 51.1 Å². The smallest absolute Gasteiger partial charge is 0.396 e. The number of aliphatic hydroxyl groups is 1. The highest BCUT2D eigenvalue weighted by Gasteiger charge is 2.47. The van der Waals surface area contributed by atoms with Crippen molar-refractivity contribution in [3.63, 3.8) is 0 Å². The molecule has 0 bridgehead atoms. The number of likely N-dealkylation sites (tertiary alicyclic amines) is 1. The molecule has 9 N–H and O–H groups in total. The molecule has 0 radical (unpaired) electrons. The van der Waals surface area contributed by atoms with Gasteiger partial charge in [-0.2, -0.15) is 0 Å². The Kier molecular flexibility index (Phi) is 21.5. The van der Waals surface area contributed by atoms with E-state index in [9.17, 15) is 62.6 Å². The van der Waals surface area contributed by atoms with Crippen LogP contribution in [-0.2, 0) is 44.5 Å². The van der Waals surface area contributed by atoms with Gasteiger partial charge in [0.05, 0.1) is 34.3 Å². The zero-order chi connectivity index (χ0) is 64.8. The van der Waals surface area contributed by atoms with Gasteiger partial charge in [-0.05, 0) is 124 Å². The number of nitrogens with zero attached hydrogens (tertiary/aromatic N) is 4. The molecule has 8 rings (SSSR count). The van der Waals surface area contributed by atoms with Crippen LogP contribution in [0.4, 0.5) is 4.39 Å². The van der Waals surface area contributed by atoms with Crippen molar-refractivity contribution in [2.45, 2.75) is 161 Å². The molecule has 2 aromatic heterocycles. The second-order valence-corrected chi connectivity index (χ2v) is 27.1. The van der Waals surface area contributed by atoms with Crippen LogP contribution >= 0.6 is 18.9 Å². The number of aromatic amines is 1. The standard InChI is InChI=1S/C63H79FN9O14PS/c1-34-24-40(10-8-9-11-45(75)28-47(63(5,6)7)60(81)72-30-46(76)29-52(72)59(80)67-35(2)38-12-14-39(15-13-38)56-36(3)66-33-89-56)55(64)53(25-34)87-32-43(17-21-54(65)77)68-58(79)51-20-18-44-22-23-71(37(4)74)31-50(61(82)73(44)51)70-57(78)49-27-42-26-41(16-19-48(42)69-49)62(83)88(84,85)86/h12-16,19,24-27,33,35,43-44,46-47,50-52,69,76H,8-11,17-18,20-23,28-32H2,1-7H3,(H2,65,77)(H,67,80)(H,68,79)(H,70,78)(H2,84,85,86)/t35-,43-,44+,46+,47+,50-,51-,52-/m0/s1. The number of ether oxygens (including phenoxy) is 1. The number of ketones is 1. The lowest BCUT2D eigenvalue weighted by Gasteiger charge is -2.38. The number of unbranched alkanes of at least 4 members (excludes halogenated alkanes) is 1. The first-order valence-electron chi connectivity index (χ1n) is 29.9. The van der Waals surface area contributed by atoms with Crippen molar-refractivity contribution < 1.29 is 71.7 Å². The van der Waals surface area contributed by atoms with Gasteiger partial charge in [0.25, 0.3) is 11.4 Å². The van der Waals surface area contributed by atoms with E-state index < -0.39 is 108 Å². The topological polar surface area (TPSA) is 341 Å². The van der Waals surface area contributed by atoms with Gasteiger partial charge in [0, 0.05) is 80.7 Å². The van der Waals surface area contributed by atoms with Crippen molar-refractivity contribution in [3.8, 4) is 16.2 Å². The summed E-state index contributed by atoms with van der Waals surface area (Å²) in [7, 11) is -5.10. The van der Waals surface area contributed by atoms with Crippen LogP contribution in [0.15, 0.2) is 66.2 Å². The average Bonchev–Trinajstić information content (AvgIpc) is 1.84. The fraction of sp³-hybridized carbons (Fsp3) is 0.492. The largest absolute Gasteiger partial charge is 0.488 e. The van der Waals surface area contributed by atoms with E-state index in [0.717, 1.165) is 21.7 Å². The number of nitrogens with two attached hydrogens (primary N) is 1. The molecule has 8 atom stereocenters. The Morgan fingerprint density at radius 2 is 1.64 bits per heavy atom. The summed E-state index contributed by atoms with van der Waals surface area (Å²) >= 11 is 1.55. The van der Waals surface area contributed by atoms with E-state index in [4.69, 9.17) is 10.5 Å². The lowest BCUT2D eigenvalue weighted by Crippen LogP contribution is -2.61. The second kappa shape index (κ2) is 28.4. The summed E-state index contributed by atoms with van der Waals surface area (Å²) in [5.41, 5.74) is 9.02. The molecule has 3 saturated heterocycles. The Morgan fingerprint density at radius 3 is 2.30 bits per heavy atom. The van der Waals surface area contributed by atoms with Crippen molar-refractivity contribution in [1.82, 2.24) is 40.6 Å². The lowest BCUT2D eigenvalue weighted by molar-refractivity contribution is -0.146. The van der Waals surface area contributed by atoms with Crippen LogP contribution in [0.3, 0.4) is 0 Å². The van der Waals surface area contributed by atoms with Crippen LogP contribution < -0.4 is 26.4 Å². The Bertz CT molecular complexity index is 3560. The highest BCUT2D eigenvalue weighted by Crippen LogP contribution is 2.40. The summed E-state index contributed by atoms with van der Waals surface area (Å²) < 4.78 is 34.1. The number of aromatic nitrogens is 2. The number of Topliss-reactive ketones (excluding diaryl/α,β-unsaturated/α-hetero) is 1. The lowest BCUT2D eigenvalue weighted by atomic mass is 9.76. The van der Waals surface area contributed by atoms with Gasteiger partial charge in [0.2, 0.25) is 35.4 Å². The number of primary amides is 1. The Balaban J connectivity index is 0.864. The summed E-state index contributed by atoms with van der Waals surface area (Å²) in [5, 5.41) is 19.7. The van der Waals surface area contributed by atoms with Crippen LogP contribution in [0, 0.1) is 31.0 Å². The van der Waals surface area contributed by atoms with E-state index in [1.54, 1.807) is 29.8 Å². The number of rotatable bonds is 24. The molecule has 23 nitrogen and oxygen atoms in total. The van der Waals surface area contributed by atoms with Crippen molar-refractivity contribution in [1.29, 1.82) is 0 Å². The maximum absolute atomic E-state index is 16.4. The third-order valence-electron chi connectivity index (χ3n) is 17.0. The fourth-order valence-electron chi connectivity index (χ4n) is 12.0. The quantitative estimate of drug-likeness (QED) is 0.0256. The monoisotopic (exact) mass is 1270 g/mol. The molecule has 3 fully saturated rings. The van der Waals surface area contributed by atoms with E-state index in [1.165, 1.54) is 52.0 Å². The number of fused-ring (bicyclic) bond motifs is 2. The summed E-state index contributed by atoms with van der Waals surface area (Å²) in [5.74, 6) is -5.61. The molecule has 5 aromatic rings. The predicted molar refractivity (Wildman–Crippen MR) is 329 cm³/mol. The van der Waals surface area contributed by atoms with E-state index >= 15 is 4.39 Å². The van der Waals surface area contributed by atoms with Crippen molar-refractivity contribution in [2.75, 3.05) is 26.2 Å². The predicted octanol–water partition coefficient (Wildman–Crippen LogP) is 6.08. The van der Waals surface area contributed by atoms with Crippen molar-refractivity contribution >= 4 is 82.5 Å². The van der Waals surface area contributed by atoms with Gasteiger partial charge in [-0.25, -0.2) is 9.37 Å². The minimum absolute atomic E-state index is 0.00702. The fourth-order valence-corrected chi connectivity index (χ4v) is 13.3. The number of H-pyrrole nitrogens is 1. The van der Waals surface area contributed by atoms with Crippen molar-refractivity contribution in [2.24, 2.45) is 17.1 Å². The number of β-amino-alcohol motifs (C(OH)–C–C–N with tert-alkyl or cyclic N) is 1. The van der Waals surface area contributed by atoms with E-state index in [0.29, 0.717) is 42.3 Å². The number of benzene rings is 3. The van der Waals surface area contributed by atoms with Gasteiger partial charge in [-0.3, -0.25) is 47.7 Å². The molecule has 3 aliphatic rings. The number of aryl methyl sites for hydroxylation is 3. The highest BCUT2D eigenvalue weighted by molar-refractivity contribution is 7.70. The number of aliphatic hydroxyl groups excluding tert-OH is 1. The molecule has 5 heterocycles. The number of carbonyl (C=O) groups is 9. The molecule has 0 unspecified atom stereocenters. The molecule has 7 amide bonds. The third-order valence-corrected chi connectivity index (χ3v) is 18.7. The van der Waals surface area contributed by atoms with E-state index in [-0.39, 0.29) is 105 Å². The zero-order valence-electron chi connectivity index (χ0n) is 51.0. The van der Waals surface area contributed by atoms with E-state index in [2.05, 4.69) is 25.9 Å². The molecule has 0 saturated carbocycles. The van der Waals surface area contributed by atoms with Gasteiger partial charge < -0.3 is 61.0 Å². The summed E-state index contributed by atoms with van der Waals surface area (Å²) in [6, 6.07) is 10.9. The maximum atomic E-state index is 16.4. The molecule has 26 heteroatoms. The summed E-state index contributed by atoms with van der Waals surface area (Å²) in [6.45, 7) is 12.1. The van der Waals surface area contributed by atoms with Crippen LogP contribution in [-0.4, -0.2) is 155 Å². The summed E-state index contributed by atoms with van der Waals surface area (Å²) in [4.78, 5) is 153. The number of thiazole rings is 1. The average molecular weight is 1270 g/mol. The van der Waals surface area contributed by atoms with Gasteiger partial charge in [0.1, 0.15) is 36.2 Å². The van der Waals surface area contributed by atoms with Gasteiger partial charge in [0.15, 0.2) is 11.6 Å². The van der Waals surface area contributed by atoms with Crippen LogP contribution in [0.5, 0.6) is 5.75 Å². The molecule has 478 valence electrons. The van der Waals surface area contributed by atoms with Gasteiger partial charge in [-0.15, -0.1) is 11.3 Å². The SMILES string of the molecule is CC(=O)N1CC[C@H]2CC[C@@H](C(=O)N[C@@H](CCC(N)=O)COc3cc(C)cc(CCCCC(=O)C[C@H](C(=O)N4C[C@H](O)C[C@H]4C(=O)N[C@@H](C)c4ccc(-c5scnc5C)cc4)C(C)(C)C)c3F)N2C(=O)[C@@H](NC(=O)c2cc3cc(C(=O)P(=O)(O)O)ccc3[nH]2)C1. The second-order valence-electron chi connectivity index (χ2n) is 24.7. The molecule has 0 spiro atoms. The zero-order valence-corrected chi connectivity index (χ0v) is 52.7.